The lowest BCUT2D eigenvalue weighted by Gasteiger charge is -2.39. The van der Waals surface area contributed by atoms with Gasteiger partial charge in [-0.15, -0.1) is 0 Å². The molecule has 0 unspecified atom stereocenters. The van der Waals surface area contributed by atoms with Gasteiger partial charge in [0, 0.05) is 50.9 Å². The number of carbonyl (C=O) groups excluding carboxylic acids is 2. The Hall–Kier alpha value is -2.74. The molecule has 2 atom stereocenters. The Morgan fingerprint density at radius 1 is 0.879 bits per heavy atom. The summed E-state index contributed by atoms with van der Waals surface area (Å²) in [4.78, 5) is 31.9. The van der Waals surface area contributed by atoms with E-state index in [-0.39, 0.29) is 23.9 Å². The first kappa shape index (κ1) is 23.4. The van der Waals surface area contributed by atoms with Crippen LogP contribution in [-0.4, -0.2) is 91.6 Å². The second-order valence-electron chi connectivity index (χ2n) is 8.79. The second-order valence-corrected chi connectivity index (χ2v) is 8.79. The molecule has 2 amide bonds. The summed E-state index contributed by atoms with van der Waals surface area (Å²) in [7, 11) is 0. The van der Waals surface area contributed by atoms with Gasteiger partial charge in [0.25, 0.3) is 5.91 Å². The Labute approximate surface area is 196 Å². The fraction of sp³-hybridized carbons (Fsp3) is 0.462. The van der Waals surface area contributed by atoms with E-state index in [1.54, 1.807) is 0 Å². The first-order valence-electron chi connectivity index (χ1n) is 11.8. The molecule has 176 valence electrons. The van der Waals surface area contributed by atoms with E-state index in [9.17, 15) is 9.59 Å². The summed E-state index contributed by atoms with van der Waals surface area (Å²) in [6.07, 6.45) is 0. The molecule has 0 aromatic heterocycles. The van der Waals surface area contributed by atoms with E-state index < -0.39 is 0 Å². The molecule has 2 heterocycles. The van der Waals surface area contributed by atoms with E-state index >= 15 is 0 Å². The van der Waals surface area contributed by atoms with Gasteiger partial charge in [-0.25, -0.2) is 0 Å². The molecule has 33 heavy (non-hydrogen) atoms. The zero-order chi connectivity index (χ0) is 23.0. The van der Waals surface area contributed by atoms with Crippen molar-refractivity contribution in [1.29, 1.82) is 0 Å². The van der Waals surface area contributed by atoms with Crippen LogP contribution in [0.2, 0.25) is 0 Å². The summed E-state index contributed by atoms with van der Waals surface area (Å²) in [5.74, 6) is 0.0871. The number of rotatable bonds is 7. The predicted octanol–water partition coefficient (Wildman–Crippen LogP) is 2.02. The van der Waals surface area contributed by atoms with Crippen molar-refractivity contribution >= 4 is 11.8 Å². The fourth-order valence-electron chi connectivity index (χ4n) is 4.78. The smallest absolute Gasteiger partial charge is 0.253 e. The number of ether oxygens (including phenoxy) is 1. The molecule has 0 radical (unpaired) electrons. The third-order valence-electron chi connectivity index (χ3n) is 6.49. The van der Waals surface area contributed by atoms with Crippen molar-refractivity contribution in [3.8, 4) is 0 Å². The lowest BCUT2D eigenvalue weighted by Crippen LogP contribution is -2.53. The van der Waals surface area contributed by atoms with Crippen LogP contribution in [0.3, 0.4) is 0 Å². The summed E-state index contributed by atoms with van der Waals surface area (Å²) >= 11 is 0. The highest BCUT2D eigenvalue weighted by Gasteiger charge is 2.29. The van der Waals surface area contributed by atoms with Gasteiger partial charge >= 0.3 is 0 Å². The minimum absolute atomic E-state index is 0.0273. The van der Waals surface area contributed by atoms with E-state index in [2.05, 4.69) is 34.2 Å². The Morgan fingerprint density at radius 2 is 1.48 bits per heavy atom. The van der Waals surface area contributed by atoms with E-state index in [0.29, 0.717) is 38.3 Å². The molecule has 7 heteroatoms. The molecule has 0 spiro atoms. The van der Waals surface area contributed by atoms with Gasteiger partial charge in [0.1, 0.15) is 0 Å². The number of hydrogen-bond acceptors (Lipinski definition) is 5. The van der Waals surface area contributed by atoms with Gasteiger partial charge in [0.05, 0.1) is 25.8 Å². The maximum atomic E-state index is 12.9. The van der Waals surface area contributed by atoms with Crippen molar-refractivity contribution in [2.45, 2.75) is 19.0 Å². The Morgan fingerprint density at radius 3 is 2.12 bits per heavy atom. The minimum atomic E-state index is -0.0288. The van der Waals surface area contributed by atoms with Gasteiger partial charge in [0.15, 0.2) is 0 Å². The average Bonchev–Trinajstić information content (AvgIpc) is 2.86. The van der Waals surface area contributed by atoms with Crippen LogP contribution < -0.4 is 5.32 Å². The molecule has 1 N–H and O–H groups in total. The van der Waals surface area contributed by atoms with Crippen LogP contribution in [0, 0.1) is 0 Å². The summed E-state index contributed by atoms with van der Waals surface area (Å²) < 4.78 is 5.54. The maximum Gasteiger partial charge on any atom is 0.253 e. The van der Waals surface area contributed by atoms with Crippen LogP contribution in [0.25, 0.3) is 0 Å². The molecule has 2 saturated heterocycles. The van der Waals surface area contributed by atoms with Crippen molar-refractivity contribution < 1.29 is 14.3 Å². The quantitative estimate of drug-likeness (QED) is 0.699. The highest BCUT2D eigenvalue weighted by molar-refractivity contribution is 5.94. The highest BCUT2D eigenvalue weighted by atomic mass is 16.5. The lowest BCUT2D eigenvalue weighted by molar-refractivity contribution is -0.123. The Balaban J connectivity index is 1.30. The van der Waals surface area contributed by atoms with Gasteiger partial charge in [-0.05, 0) is 24.6 Å². The summed E-state index contributed by atoms with van der Waals surface area (Å²) in [6, 6.07) is 19.8. The molecule has 2 fully saturated rings. The third-order valence-corrected chi connectivity index (χ3v) is 6.49. The Kier molecular flexibility index (Phi) is 8.10. The molecule has 7 nitrogen and oxygen atoms in total. The van der Waals surface area contributed by atoms with Crippen LogP contribution in [0.1, 0.15) is 28.9 Å². The SMILES string of the molecule is C[C@@H](NC(=O)CN1CCN(C(=O)c2ccccc2)CC1)[C@@H](c1ccccc1)N1CCOCC1. The predicted molar refractivity (Wildman–Crippen MR) is 128 cm³/mol. The van der Waals surface area contributed by atoms with Gasteiger partial charge in [0.2, 0.25) is 5.91 Å². The molecule has 0 bridgehead atoms. The van der Waals surface area contributed by atoms with E-state index in [4.69, 9.17) is 4.74 Å². The number of benzene rings is 2. The fourth-order valence-corrected chi connectivity index (χ4v) is 4.78. The summed E-state index contributed by atoms with van der Waals surface area (Å²) in [5.41, 5.74) is 1.92. The highest BCUT2D eigenvalue weighted by Crippen LogP contribution is 2.25. The molecule has 2 aromatic carbocycles. The van der Waals surface area contributed by atoms with Crippen molar-refractivity contribution in [3.63, 3.8) is 0 Å². The van der Waals surface area contributed by atoms with Gasteiger partial charge in [-0.1, -0.05) is 48.5 Å². The molecule has 0 saturated carbocycles. The van der Waals surface area contributed by atoms with Crippen LogP contribution in [0.5, 0.6) is 0 Å². The topological polar surface area (TPSA) is 65.1 Å². The van der Waals surface area contributed by atoms with Crippen molar-refractivity contribution in [1.82, 2.24) is 20.0 Å². The van der Waals surface area contributed by atoms with Crippen LogP contribution >= 0.6 is 0 Å². The van der Waals surface area contributed by atoms with Crippen molar-refractivity contribution in [3.05, 3.63) is 71.8 Å². The number of nitrogens with one attached hydrogen (secondary N) is 1. The number of nitrogens with zero attached hydrogens (tertiary/aromatic N) is 3. The number of carbonyl (C=O) groups is 2. The minimum Gasteiger partial charge on any atom is -0.379 e. The van der Waals surface area contributed by atoms with E-state index in [1.165, 1.54) is 5.56 Å². The first-order valence-corrected chi connectivity index (χ1v) is 11.8. The zero-order valence-electron chi connectivity index (χ0n) is 19.4. The van der Waals surface area contributed by atoms with Gasteiger partial charge in [-0.2, -0.15) is 0 Å². The van der Waals surface area contributed by atoms with Crippen molar-refractivity contribution in [2.75, 3.05) is 59.0 Å². The van der Waals surface area contributed by atoms with Crippen molar-refractivity contribution in [2.24, 2.45) is 0 Å². The van der Waals surface area contributed by atoms with E-state index in [0.717, 1.165) is 26.3 Å². The summed E-state index contributed by atoms with van der Waals surface area (Å²) in [5, 5.41) is 3.24. The second kappa shape index (κ2) is 11.4. The molecule has 0 aliphatic carbocycles. The normalized spacial score (nSPS) is 19.6. The lowest BCUT2D eigenvalue weighted by atomic mass is 9.98. The van der Waals surface area contributed by atoms with Crippen LogP contribution in [0.15, 0.2) is 60.7 Å². The number of amides is 2. The van der Waals surface area contributed by atoms with Crippen LogP contribution in [0.4, 0.5) is 0 Å². The molecule has 2 aliphatic heterocycles. The molecule has 2 aliphatic rings. The molecular weight excluding hydrogens is 416 g/mol. The first-order chi connectivity index (χ1) is 16.1. The molecular formula is C26H34N4O3. The van der Waals surface area contributed by atoms with E-state index in [1.807, 2.05) is 53.4 Å². The third kappa shape index (κ3) is 6.19. The number of piperazine rings is 1. The standard InChI is InChI=1S/C26H34N4O3/c1-21(25(22-8-4-2-5-9-22)29-16-18-33-19-17-29)27-24(31)20-28-12-14-30(15-13-28)26(32)23-10-6-3-7-11-23/h2-11,21,25H,12-20H2,1H3,(H,27,31)/t21-,25+/m1/s1. The molecule has 4 rings (SSSR count). The van der Waals surface area contributed by atoms with Gasteiger partial charge < -0.3 is 15.0 Å². The number of morpholine rings is 1. The average molecular weight is 451 g/mol. The Bertz CT molecular complexity index is 894. The van der Waals surface area contributed by atoms with Gasteiger partial charge in [-0.3, -0.25) is 19.4 Å². The monoisotopic (exact) mass is 450 g/mol. The zero-order valence-corrected chi connectivity index (χ0v) is 19.4. The number of hydrogen-bond donors (Lipinski definition) is 1. The molecule has 2 aromatic rings. The van der Waals surface area contributed by atoms with Crippen LogP contribution in [-0.2, 0) is 9.53 Å². The maximum absolute atomic E-state index is 12.9. The largest absolute Gasteiger partial charge is 0.379 e. The summed E-state index contributed by atoms with van der Waals surface area (Å²) in [6.45, 7) is 8.26.